The third kappa shape index (κ3) is 7.19. The SMILES string of the molecule is C=Cc1c(/C=C\C(C)CC)cccc1/C=C(/C)C(=O)N(NC=O)c1cc[c]([Sn]([CH3])([CH3])[CH3])cc1. The molecule has 2 rings (SSSR count). The molecule has 0 fully saturated rings. The molecule has 174 valence electrons. The van der Waals surface area contributed by atoms with Gasteiger partial charge in [0.05, 0.1) is 0 Å². The van der Waals surface area contributed by atoms with Crippen LogP contribution in [0.5, 0.6) is 0 Å². The van der Waals surface area contributed by atoms with Crippen molar-refractivity contribution in [1.82, 2.24) is 5.43 Å². The normalized spacial score (nSPS) is 13.0. The summed E-state index contributed by atoms with van der Waals surface area (Å²) in [7, 11) is 0. The number of nitrogens with zero attached hydrogens (tertiary/aromatic N) is 1. The number of anilines is 1. The summed E-state index contributed by atoms with van der Waals surface area (Å²) >= 11 is -2.21. The first-order valence-corrected chi connectivity index (χ1v) is 21.4. The predicted octanol–water partition coefficient (Wildman–Crippen LogP) is 6.03. The molecule has 1 atom stereocenters. The summed E-state index contributed by atoms with van der Waals surface area (Å²) in [6.07, 6.45) is 9.57. The van der Waals surface area contributed by atoms with Crippen molar-refractivity contribution in [3.05, 3.63) is 77.4 Å². The molecule has 0 spiro atoms. The number of hydrogen-bond acceptors (Lipinski definition) is 2. The minimum atomic E-state index is -2.21. The van der Waals surface area contributed by atoms with Gasteiger partial charge in [-0.25, -0.2) is 0 Å². The van der Waals surface area contributed by atoms with Crippen LogP contribution in [0.2, 0.25) is 14.8 Å². The zero-order chi connectivity index (χ0) is 24.6. The second-order valence-corrected chi connectivity index (χ2v) is 23.8. The predicted molar refractivity (Wildman–Crippen MR) is 145 cm³/mol. The number of nitrogens with one attached hydrogen (secondary N) is 1. The minimum absolute atomic E-state index is 0.287. The number of rotatable bonds is 10. The Morgan fingerprint density at radius 1 is 1.12 bits per heavy atom. The van der Waals surface area contributed by atoms with E-state index in [0.717, 1.165) is 23.1 Å². The average molecular weight is 551 g/mol. The summed E-state index contributed by atoms with van der Waals surface area (Å²) < 4.78 is 1.36. The fourth-order valence-electron chi connectivity index (χ4n) is 3.40. The molecule has 2 amide bonds. The zero-order valence-corrected chi connectivity index (χ0v) is 23.5. The van der Waals surface area contributed by atoms with Crippen LogP contribution in [-0.2, 0) is 9.59 Å². The fourth-order valence-corrected chi connectivity index (χ4v) is 6.73. The van der Waals surface area contributed by atoms with Gasteiger partial charge in [0.1, 0.15) is 0 Å². The molecule has 2 aromatic carbocycles. The Morgan fingerprint density at radius 3 is 2.30 bits per heavy atom. The summed E-state index contributed by atoms with van der Waals surface area (Å²) in [6.45, 7) is 10.1. The van der Waals surface area contributed by atoms with Gasteiger partial charge in [0.15, 0.2) is 0 Å². The van der Waals surface area contributed by atoms with Crippen molar-refractivity contribution in [1.29, 1.82) is 0 Å². The summed E-state index contributed by atoms with van der Waals surface area (Å²) in [5, 5.41) is 1.29. The van der Waals surface area contributed by atoms with E-state index in [1.165, 1.54) is 8.59 Å². The van der Waals surface area contributed by atoms with Gasteiger partial charge in [0, 0.05) is 0 Å². The quantitative estimate of drug-likeness (QED) is 0.170. The molecule has 0 aliphatic carbocycles. The summed E-state index contributed by atoms with van der Waals surface area (Å²) in [5.74, 6) is 0.201. The van der Waals surface area contributed by atoms with E-state index >= 15 is 0 Å². The van der Waals surface area contributed by atoms with Crippen molar-refractivity contribution in [3.63, 3.8) is 0 Å². The van der Waals surface area contributed by atoms with Gasteiger partial charge >= 0.3 is 171 Å². The molecule has 0 aliphatic heterocycles. The molecule has 1 unspecified atom stereocenters. The third-order valence-electron chi connectivity index (χ3n) is 5.71. The average Bonchev–Trinajstić information content (AvgIpc) is 2.80. The zero-order valence-electron chi connectivity index (χ0n) is 20.7. The van der Waals surface area contributed by atoms with Crippen LogP contribution in [0.3, 0.4) is 0 Å². The molecule has 0 heterocycles. The van der Waals surface area contributed by atoms with Gasteiger partial charge < -0.3 is 0 Å². The van der Waals surface area contributed by atoms with Gasteiger partial charge in [0.25, 0.3) is 0 Å². The van der Waals surface area contributed by atoms with Gasteiger partial charge in [-0.2, -0.15) is 0 Å². The standard InChI is InChI=1S/C25H27N2O2.3CH3.Sn/c1-5-19(3)15-16-21-11-10-12-22(24(21)6-2)17-20(4)25(29)27(26-18-28)23-13-8-7-9-14-23;;;;/h6,8-19H,2,5H2,1,3-4H3,(H,26,28);3*1H3;/b16-15-,20-17-;;;;. The van der Waals surface area contributed by atoms with Crippen LogP contribution < -0.4 is 14.0 Å². The number of carbonyl (C=O) groups excluding carboxylic acids is 2. The molecule has 1 N–H and O–H groups in total. The Morgan fingerprint density at radius 2 is 1.76 bits per heavy atom. The van der Waals surface area contributed by atoms with Crippen LogP contribution >= 0.6 is 0 Å². The van der Waals surface area contributed by atoms with E-state index in [1.807, 2.05) is 42.5 Å². The Kier molecular flexibility index (Phi) is 9.71. The number of allylic oxidation sites excluding steroid dienone is 1. The van der Waals surface area contributed by atoms with E-state index in [4.69, 9.17) is 0 Å². The van der Waals surface area contributed by atoms with Gasteiger partial charge in [0.2, 0.25) is 0 Å². The van der Waals surface area contributed by atoms with E-state index in [0.29, 0.717) is 23.6 Å². The van der Waals surface area contributed by atoms with Crippen LogP contribution in [0.15, 0.2) is 60.7 Å². The van der Waals surface area contributed by atoms with Gasteiger partial charge in [-0.1, -0.05) is 26.3 Å². The van der Waals surface area contributed by atoms with E-state index in [9.17, 15) is 9.59 Å². The van der Waals surface area contributed by atoms with Crippen molar-refractivity contribution in [3.8, 4) is 0 Å². The summed E-state index contributed by atoms with van der Waals surface area (Å²) in [5.41, 5.74) is 6.63. The Balaban J connectivity index is 2.40. The van der Waals surface area contributed by atoms with Crippen LogP contribution in [0.25, 0.3) is 18.2 Å². The second kappa shape index (κ2) is 12.0. The number of hydrazine groups is 1. The molecule has 0 radical (unpaired) electrons. The first kappa shape index (κ1) is 26.6. The second-order valence-electron chi connectivity index (χ2n) is 9.31. The Bertz CT molecular complexity index is 1050. The van der Waals surface area contributed by atoms with Crippen molar-refractivity contribution in [2.24, 2.45) is 5.92 Å². The summed E-state index contributed by atoms with van der Waals surface area (Å²) in [6, 6.07) is 13.9. The van der Waals surface area contributed by atoms with E-state index in [1.54, 1.807) is 6.92 Å². The van der Waals surface area contributed by atoms with Gasteiger partial charge in [-0.05, 0) is 5.92 Å². The van der Waals surface area contributed by atoms with Crippen LogP contribution in [0.1, 0.15) is 43.9 Å². The monoisotopic (exact) mass is 552 g/mol. The molecule has 0 saturated carbocycles. The van der Waals surface area contributed by atoms with Crippen molar-refractivity contribution >= 4 is 58.2 Å². The fraction of sp³-hybridized carbons (Fsp3) is 0.286. The summed E-state index contributed by atoms with van der Waals surface area (Å²) in [4.78, 5) is 31.5. The molecule has 5 heteroatoms. The topological polar surface area (TPSA) is 49.4 Å². The van der Waals surface area contributed by atoms with Crippen LogP contribution in [0, 0.1) is 5.92 Å². The molecule has 2 aromatic rings. The number of hydrogen-bond donors (Lipinski definition) is 1. The molecular formula is C28H36N2O2Sn. The Labute approximate surface area is 202 Å². The first-order valence-electron chi connectivity index (χ1n) is 11.4. The Hall–Kier alpha value is -2.60. The molecular weight excluding hydrogens is 515 g/mol. The number of carbonyl (C=O) groups is 2. The maximum atomic E-state index is 13.3. The van der Waals surface area contributed by atoms with Crippen molar-refractivity contribution in [2.45, 2.75) is 42.0 Å². The van der Waals surface area contributed by atoms with E-state index < -0.39 is 18.4 Å². The number of benzene rings is 2. The molecule has 0 bridgehead atoms. The molecule has 4 nitrogen and oxygen atoms in total. The molecule has 33 heavy (non-hydrogen) atoms. The molecule has 0 aliphatic rings. The maximum absolute atomic E-state index is 13.3. The first-order chi connectivity index (χ1) is 15.6. The number of amides is 2. The van der Waals surface area contributed by atoms with Crippen LogP contribution in [-0.4, -0.2) is 30.7 Å². The van der Waals surface area contributed by atoms with Crippen molar-refractivity contribution in [2.75, 3.05) is 5.01 Å². The third-order valence-corrected chi connectivity index (χ3v) is 11.6. The van der Waals surface area contributed by atoms with Gasteiger partial charge in [-0.15, -0.1) is 0 Å². The molecule has 0 aromatic heterocycles. The van der Waals surface area contributed by atoms with Crippen LogP contribution in [0.4, 0.5) is 5.69 Å². The molecule has 0 saturated heterocycles. The van der Waals surface area contributed by atoms with E-state index in [2.05, 4.69) is 65.0 Å². The van der Waals surface area contributed by atoms with Crippen molar-refractivity contribution < 1.29 is 9.59 Å². The van der Waals surface area contributed by atoms with Gasteiger partial charge in [-0.3, -0.25) is 0 Å². The van der Waals surface area contributed by atoms with E-state index in [-0.39, 0.29) is 5.91 Å².